The van der Waals surface area contributed by atoms with E-state index in [2.05, 4.69) is 50.4 Å². The lowest BCUT2D eigenvalue weighted by Crippen LogP contribution is -2.35. The monoisotopic (exact) mass is 390 g/mol. The Kier molecular flexibility index (Phi) is 6.65. The van der Waals surface area contributed by atoms with Gasteiger partial charge in [0.25, 0.3) is 0 Å². The Labute approximate surface area is 163 Å². The summed E-state index contributed by atoms with van der Waals surface area (Å²) in [5, 5.41) is 14.6. The summed E-state index contributed by atoms with van der Waals surface area (Å²) in [7, 11) is 1.99. The zero-order valence-corrected chi connectivity index (χ0v) is 16.4. The van der Waals surface area contributed by atoms with Gasteiger partial charge in [0, 0.05) is 25.0 Å². The average molecular weight is 390 g/mol. The average Bonchev–Trinajstić information content (AvgIpc) is 3.30. The van der Waals surface area contributed by atoms with Gasteiger partial charge in [-0.15, -0.1) is 5.10 Å². The summed E-state index contributed by atoms with van der Waals surface area (Å²) >= 11 is 0. The van der Waals surface area contributed by atoms with Crippen LogP contribution in [0.5, 0.6) is 0 Å². The molecule has 152 valence electrons. The summed E-state index contributed by atoms with van der Waals surface area (Å²) in [4.78, 5) is 14.5. The predicted molar refractivity (Wildman–Crippen MR) is 101 cm³/mol. The zero-order valence-electron chi connectivity index (χ0n) is 16.4. The van der Waals surface area contributed by atoms with E-state index in [0.29, 0.717) is 31.5 Å². The molecule has 1 aromatic carbocycles. The molecule has 0 aliphatic carbocycles. The van der Waals surface area contributed by atoms with Crippen LogP contribution in [-0.2, 0) is 17.9 Å². The lowest BCUT2D eigenvalue weighted by Gasteiger charge is -2.20. The quantitative estimate of drug-likeness (QED) is 0.593. The number of aromatic nitrogens is 4. The van der Waals surface area contributed by atoms with Crippen LogP contribution in [0, 0.1) is 11.7 Å². The highest BCUT2D eigenvalue weighted by Crippen LogP contribution is 2.24. The number of halogens is 1. The topological polar surface area (TPSA) is 100 Å². The number of carbonyl (C=O) groups is 1. The molecule has 1 saturated heterocycles. The van der Waals surface area contributed by atoms with Crippen molar-refractivity contribution >= 4 is 5.91 Å². The number of hydrogen-bond acceptors (Lipinski definition) is 7. The van der Waals surface area contributed by atoms with Crippen molar-refractivity contribution < 1.29 is 9.18 Å². The van der Waals surface area contributed by atoms with E-state index in [9.17, 15) is 9.18 Å². The number of tetrazole rings is 1. The molecule has 2 heterocycles. The molecule has 0 saturated carbocycles. The van der Waals surface area contributed by atoms with E-state index in [4.69, 9.17) is 0 Å². The molecular weight excluding hydrogens is 363 g/mol. The molecule has 0 bridgehead atoms. The van der Waals surface area contributed by atoms with E-state index in [1.54, 1.807) is 12.1 Å². The summed E-state index contributed by atoms with van der Waals surface area (Å²) in [5.74, 6) is 0.389. The van der Waals surface area contributed by atoms with Crippen molar-refractivity contribution in [3.63, 3.8) is 0 Å². The molecular formula is C18H27FN8O. The van der Waals surface area contributed by atoms with E-state index in [1.165, 1.54) is 16.8 Å². The molecule has 1 aliphatic heterocycles. The summed E-state index contributed by atoms with van der Waals surface area (Å²) in [6.45, 7) is 6.01. The van der Waals surface area contributed by atoms with Gasteiger partial charge in [-0.1, -0.05) is 12.1 Å². The van der Waals surface area contributed by atoms with Crippen molar-refractivity contribution in [3.05, 3.63) is 41.5 Å². The Balaban J connectivity index is 1.53. The molecule has 9 nitrogen and oxygen atoms in total. The maximum atomic E-state index is 13.1. The van der Waals surface area contributed by atoms with Crippen LogP contribution in [0.3, 0.4) is 0 Å². The standard InChI is InChI=1S/C18H27FN8O/c1-12(2)26(3)10-16-22-24-25-27(16)11-17(28)20-8-14-9-21-23-18(14)13-4-6-15(19)7-5-13/h4-7,12,14,18,21,23H,8-11H2,1-3H3,(H,20,28). The van der Waals surface area contributed by atoms with E-state index >= 15 is 0 Å². The number of nitrogens with zero attached hydrogens (tertiary/aromatic N) is 5. The van der Waals surface area contributed by atoms with Gasteiger partial charge >= 0.3 is 0 Å². The molecule has 0 spiro atoms. The van der Waals surface area contributed by atoms with Gasteiger partial charge in [0.15, 0.2) is 5.82 Å². The van der Waals surface area contributed by atoms with E-state index in [0.717, 1.165) is 5.56 Å². The minimum Gasteiger partial charge on any atom is -0.354 e. The lowest BCUT2D eigenvalue weighted by molar-refractivity contribution is -0.122. The molecule has 3 N–H and O–H groups in total. The minimum atomic E-state index is -0.264. The summed E-state index contributed by atoms with van der Waals surface area (Å²) < 4.78 is 14.7. The Hall–Kier alpha value is -2.43. The van der Waals surface area contributed by atoms with Gasteiger partial charge in [-0.25, -0.2) is 14.5 Å². The van der Waals surface area contributed by atoms with E-state index in [1.807, 2.05) is 7.05 Å². The molecule has 2 atom stereocenters. The maximum Gasteiger partial charge on any atom is 0.241 e. The first-order valence-electron chi connectivity index (χ1n) is 9.40. The van der Waals surface area contributed by atoms with Gasteiger partial charge in [0.2, 0.25) is 5.91 Å². The van der Waals surface area contributed by atoms with Crippen molar-refractivity contribution in [2.24, 2.45) is 5.92 Å². The van der Waals surface area contributed by atoms with Crippen molar-refractivity contribution in [2.75, 3.05) is 20.1 Å². The number of hydrogen-bond donors (Lipinski definition) is 3. The number of benzene rings is 1. The largest absolute Gasteiger partial charge is 0.354 e. The highest BCUT2D eigenvalue weighted by Gasteiger charge is 2.28. The van der Waals surface area contributed by atoms with Crippen molar-refractivity contribution in [1.29, 1.82) is 0 Å². The molecule has 1 fully saturated rings. The Morgan fingerprint density at radius 1 is 1.39 bits per heavy atom. The van der Waals surface area contributed by atoms with Crippen LogP contribution in [0.2, 0.25) is 0 Å². The Morgan fingerprint density at radius 2 is 2.14 bits per heavy atom. The van der Waals surface area contributed by atoms with Crippen molar-refractivity contribution in [1.82, 2.24) is 41.3 Å². The SMILES string of the molecule is CC(C)N(C)Cc1nnnn1CC(=O)NCC1CNNC1c1ccc(F)cc1. The molecule has 1 amide bonds. The Morgan fingerprint density at radius 3 is 2.86 bits per heavy atom. The lowest BCUT2D eigenvalue weighted by atomic mass is 9.95. The van der Waals surface area contributed by atoms with E-state index < -0.39 is 0 Å². The number of carbonyl (C=O) groups excluding carboxylic acids is 1. The smallest absolute Gasteiger partial charge is 0.241 e. The van der Waals surface area contributed by atoms with Crippen LogP contribution in [0.1, 0.15) is 31.3 Å². The second-order valence-corrected chi connectivity index (χ2v) is 7.38. The van der Waals surface area contributed by atoms with Crippen LogP contribution >= 0.6 is 0 Å². The van der Waals surface area contributed by atoms with Crippen LogP contribution in [0.15, 0.2) is 24.3 Å². The van der Waals surface area contributed by atoms with Crippen LogP contribution in [0.4, 0.5) is 4.39 Å². The van der Waals surface area contributed by atoms with Crippen LogP contribution < -0.4 is 16.2 Å². The third kappa shape index (κ3) is 5.09. The third-order valence-corrected chi connectivity index (χ3v) is 5.06. The van der Waals surface area contributed by atoms with Gasteiger partial charge in [0.1, 0.15) is 12.4 Å². The first-order chi connectivity index (χ1) is 13.4. The normalized spacial score (nSPS) is 19.5. The summed E-state index contributed by atoms with van der Waals surface area (Å²) in [6.07, 6.45) is 0. The maximum absolute atomic E-state index is 13.1. The van der Waals surface area contributed by atoms with Crippen LogP contribution in [-0.4, -0.2) is 57.2 Å². The molecule has 2 unspecified atom stereocenters. The van der Waals surface area contributed by atoms with Crippen LogP contribution in [0.25, 0.3) is 0 Å². The molecule has 3 rings (SSSR count). The molecule has 28 heavy (non-hydrogen) atoms. The highest BCUT2D eigenvalue weighted by molar-refractivity contribution is 5.75. The fourth-order valence-corrected chi connectivity index (χ4v) is 3.05. The highest BCUT2D eigenvalue weighted by atomic mass is 19.1. The fourth-order valence-electron chi connectivity index (χ4n) is 3.05. The summed E-state index contributed by atoms with van der Waals surface area (Å²) in [5.41, 5.74) is 7.27. The number of hydrazine groups is 1. The first-order valence-corrected chi connectivity index (χ1v) is 9.40. The summed E-state index contributed by atoms with van der Waals surface area (Å²) in [6, 6.07) is 6.76. The third-order valence-electron chi connectivity index (χ3n) is 5.06. The molecule has 1 aromatic heterocycles. The van der Waals surface area contributed by atoms with Gasteiger partial charge in [-0.3, -0.25) is 15.1 Å². The van der Waals surface area contributed by atoms with Gasteiger partial charge < -0.3 is 5.32 Å². The van der Waals surface area contributed by atoms with Crippen molar-refractivity contribution in [2.45, 2.75) is 39.0 Å². The Bertz CT molecular complexity index is 778. The van der Waals surface area contributed by atoms with Gasteiger partial charge in [-0.2, -0.15) is 0 Å². The zero-order chi connectivity index (χ0) is 20.1. The first kappa shape index (κ1) is 20.3. The van der Waals surface area contributed by atoms with E-state index in [-0.39, 0.29) is 30.2 Å². The molecule has 2 aromatic rings. The van der Waals surface area contributed by atoms with Gasteiger partial charge in [-0.05, 0) is 49.0 Å². The fraction of sp³-hybridized carbons (Fsp3) is 0.556. The van der Waals surface area contributed by atoms with Gasteiger partial charge in [0.05, 0.1) is 12.6 Å². The predicted octanol–water partition coefficient (Wildman–Crippen LogP) is 0.234. The molecule has 1 aliphatic rings. The number of rotatable bonds is 8. The number of amides is 1. The second-order valence-electron chi connectivity index (χ2n) is 7.38. The minimum absolute atomic E-state index is 0.00388. The van der Waals surface area contributed by atoms with Crippen molar-refractivity contribution in [3.8, 4) is 0 Å². The molecule has 10 heteroatoms. The second kappa shape index (κ2) is 9.18. The number of nitrogens with one attached hydrogen (secondary N) is 3. The molecule has 0 radical (unpaired) electrons.